The standard InChI is InChI=1S/C23H22ClFN2O3S/c1-4-9-30-19-10-13(2)5-8-18(19)26-23(29)21-14(3)11-20(31-21)27-22(28)16-7-6-15(25)12-17(16)24/h5-8,10-12H,4,9H2,1-3H3,(H,26,29)(H,27,28). The summed E-state index contributed by atoms with van der Waals surface area (Å²) < 4.78 is 19.0. The van der Waals surface area contributed by atoms with Crippen molar-refractivity contribution < 1.29 is 18.7 Å². The molecule has 0 saturated heterocycles. The van der Waals surface area contributed by atoms with Gasteiger partial charge in [0.15, 0.2) is 0 Å². The van der Waals surface area contributed by atoms with Crippen molar-refractivity contribution >= 4 is 45.4 Å². The first-order valence-electron chi connectivity index (χ1n) is 9.70. The monoisotopic (exact) mass is 460 g/mol. The number of nitrogens with one attached hydrogen (secondary N) is 2. The highest BCUT2D eigenvalue weighted by Gasteiger charge is 2.18. The van der Waals surface area contributed by atoms with Gasteiger partial charge in [0.2, 0.25) is 0 Å². The van der Waals surface area contributed by atoms with Gasteiger partial charge in [0.25, 0.3) is 11.8 Å². The fourth-order valence-electron chi connectivity index (χ4n) is 2.87. The van der Waals surface area contributed by atoms with Crippen LogP contribution in [0.1, 0.15) is 44.5 Å². The van der Waals surface area contributed by atoms with E-state index in [4.69, 9.17) is 16.3 Å². The molecule has 162 valence electrons. The van der Waals surface area contributed by atoms with Crippen molar-refractivity contribution in [3.8, 4) is 5.75 Å². The Morgan fingerprint density at radius 2 is 1.84 bits per heavy atom. The van der Waals surface area contributed by atoms with Gasteiger partial charge in [0.1, 0.15) is 11.6 Å². The number of hydrogen-bond donors (Lipinski definition) is 2. The van der Waals surface area contributed by atoms with Crippen molar-refractivity contribution in [1.82, 2.24) is 0 Å². The number of anilines is 2. The minimum atomic E-state index is -0.522. The summed E-state index contributed by atoms with van der Waals surface area (Å²) in [5.74, 6) is -0.685. The van der Waals surface area contributed by atoms with Crippen LogP contribution in [0.3, 0.4) is 0 Å². The normalized spacial score (nSPS) is 10.6. The molecule has 31 heavy (non-hydrogen) atoms. The van der Waals surface area contributed by atoms with Crippen LogP contribution in [0, 0.1) is 19.7 Å². The molecule has 2 N–H and O–H groups in total. The Morgan fingerprint density at radius 3 is 2.55 bits per heavy atom. The predicted octanol–water partition coefficient (Wildman–Crippen LogP) is 6.45. The lowest BCUT2D eigenvalue weighted by Crippen LogP contribution is -2.13. The molecule has 8 heteroatoms. The molecule has 3 aromatic rings. The van der Waals surface area contributed by atoms with Gasteiger partial charge in [-0.2, -0.15) is 0 Å². The zero-order chi connectivity index (χ0) is 22.5. The van der Waals surface area contributed by atoms with E-state index in [0.717, 1.165) is 29.4 Å². The number of carbonyl (C=O) groups excluding carboxylic acids is 2. The van der Waals surface area contributed by atoms with E-state index in [1.54, 1.807) is 19.1 Å². The Hall–Kier alpha value is -2.90. The van der Waals surface area contributed by atoms with Gasteiger partial charge in [-0.25, -0.2) is 4.39 Å². The zero-order valence-corrected chi connectivity index (χ0v) is 18.9. The second-order valence-corrected chi connectivity index (χ2v) is 8.46. The van der Waals surface area contributed by atoms with Crippen molar-refractivity contribution in [3.63, 3.8) is 0 Å². The number of amides is 2. The van der Waals surface area contributed by atoms with Gasteiger partial charge in [0.05, 0.1) is 32.8 Å². The van der Waals surface area contributed by atoms with Crippen molar-refractivity contribution in [2.45, 2.75) is 27.2 Å². The van der Waals surface area contributed by atoms with Crippen LogP contribution >= 0.6 is 22.9 Å². The van der Waals surface area contributed by atoms with Crippen molar-refractivity contribution in [2.24, 2.45) is 0 Å². The molecule has 2 aromatic carbocycles. The van der Waals surface area contributed by atoms with Crippen LogP contribution in [0.15, 0.2) is 42.5 Å². The second kappa shape index (κ2) is 9.94. The Kier molecular flexibility index (Phi) is 7.30. The number of aryl methyl sites for hydroxylation is 2. The highest BCUT2D eigenvalue weighted by Crippen LogP contribution is 2.31. The summed E-state index contributed by atoms with van der Waals surface area (Å²) in [5, 5.41) is 6.10. The molecule has 2 amide bonds. The summed E-state index contributed by atoms with van der Waals surface area (Å²) in [4.78, 5) is 25.8. The fourth-order valence-corrected chi connectivity index (χ4v) is 4.08. The van der Waals surface area contributed by atoms with E-state index in [1.807, 2.05) is 26.0 Å². The van der Waals surface area contributed by atoms with Gasteiger partial charge in [0, 0.05) is 0 Å². The third-order valence-electron chi connectivity index (χ3n) is 4.38. The number of ether oxygens (including phenoxy) is 1. The summed E-state index contributed by atoms with van der Waals surface area (Å²) in [7, 11) is 0. The molecule has 0 aliphatic heterocycles. The highest BCUT2D eigenvalue weighted by molar-refractivity contribution is 7.18. The Bertz CT molecular complexity index is 1130. The third kappa shape index (κ3) is 5.62. The molecule has 0 radical (unpaired) electrons. The number of hydrogen-bond acceptors (Lipinski definition) is 4. The second-order valence-electron chi connectivity index (χ2n) is 7.00. The van der Waals surface area contributed by atoms with Crippen LogP contribution in [0.25, 0.3) is 0 Å². The first kappa shape index (κ1) is 22.8. The SMILES string of the molecule is CCCOc1cc(C)ccc1NC(=O)c1sc(NC(=O)c2ccc(F)cc2Cl)cc1C. The summed E-state index contributed by atoms with van der Waals surface area (Å²) in [6.07, 6.45) is 0.854. The average molecular weight is 461 g/mol. The molecule has 0 fully saturated rings. The quantitative estimate of drug-likeness (QED) is 0.425. The largest absolute Gasteiger partial charge is 0.491 e. The Morgan fingerprint density at radius 1 is 1.06 bits per heavy atom. The minimum Gasteiger partial charge on any atom is -0.491 e. The van der Waals surface area contributed by atoms with E-state index in [1.165, 1.54) is 12.1 Å². The molecule has 1 heterocycles. The van der Waals surface area contributed by atoms with Crippen LogP contribution in [0.2, 0.25) is 5.02 Å². The number of thiophene rings is 1. The molecule has 0 bridgehead atoms. The lowest BCUT2D eigenvalue weighted by Gasteiger charge is -2.12. The zero-order valence-electron chi connectivity index (χ0n) is 17.3. The topological polar surface area (TPSA) is 67.4 Å². The molecular weight excluding hydrogens is 439 g/mol. The smallest absolute Gasteiger partial charge is 0.266 e. The summed E-state index contributed by atoms with van der Waals surface area (Å²) in [6.45, 7) is 6.30. The molecule has 1 aromatic heterocycles. The maximum atomic E-state index is 13.2. The van der Waals surface area contributed by atoms with Crippen molar-refractivity contribution in [3.05, 3.63) is 74.9 Å². The first-order valence-corrected chi connectivity index (χ1v) is 10.9. The van der Waals surface area contributed by atoms with Crippen LogP contribution in [0.4, 0.5) is 15.1 Å². The molecule has 3 rings (SSSR count). The maximum absolute atomic E-state index is 13.2. The molecule has 0 aliphatic rings. The maximum Gasteiger partial charge on any atom is 0.266 e. The lowest BCUT2D eigenvalue weighted by molar-refractivity contribution is 0.102. The van der Waals surface area contributed by atoms with Crippen LogP contribution in [-0.2, 0) is 0 Å². The van der Waals surface area contributed by atoms with Gasteiger partial charge in [-0.3, -0.25) is 9.59 Å². The fraction of sp³-hybridized carbons (Fsp3) is 0.217. The molecule has 0 atom stereocenters. The van der Waals surface area contributed by atoms with E-state index in [9.17, 15) is 14.0 Å². The molecule has 0 saturated carbocycles. The number of halogens is 2. The van der Waals surface area contributed by atoms with Gasteiger partial charge in [-0.15, -0.1) is 11.3 Å². The highest BCUT2D eigenvalue weighted by atomic mass is 35.5. The van der Waals surface area contributed by atoms with E-state index >= 15 is 0 Å². The van der Waals surface area contributed by atoms with Crippen molar-refractivity contribution in [1.29, 1.82) is 0 Å². The van der Waals surface area contributed by atoms with Crippen molar-refractivity contribution in [2.75, 3.05) is 17.2 Å². The van der Waals surface area contributed by atoms with Crippen LogP contribution in [-0.4, -0.2) is 18.4 Å². The van der Waals surface area contributed by atoms with Gasteiger partial charge >= 0.3 is 0 Å². The lowest BCUT2D eigenvalue weighted by atomic mass is 10.2. The molecular formula is C23H22ClFN2O3S. The van der Waals surface area contributed by atoms with Gasteiger partial charge in [-0.1, -0.05) is 24.6 Å². The number of carbonyl (C=O) groups is 2. The van der Waals surface area contributed by atoms with Crippen LogP contribution in [0.5, 0.6) is 5.75 Å². The Balaban J connectivity index is 1.76. The summed E-state index contributed by atoms with van der Waals surface area (Å²) >= 11 is 7.10. The van der Waals surface area contributed by atoms with E-state index < -0.39 is 11.7 Å². The van der Waals surface area contributed by atoms with E-state index in [2.05, 4.69) is 10.6 Å². The average Bonchev–Trinajstić information content (AvgIpc) is 3.08. The third-order valence-corrected chi connectivity index (χ3v) is 5.85. The number of rotatable bonds is 7. The number of benzene rings is 2. The first-order chi connectivity index (χ1) is 14.8. The Labute approximate surface area is 189 Å². The minimum absolute atomic E-state index is 0.0164. The van der Waals surface area contributed by atoms with Gasteiger partial charge < -0.3 is 15.4 Å². The molecule has 0 spiro atoms. The van der Waals surface area contributed by atoms with Gasteiger partial charge in [-0.05, 0) is 67.8 Å². The molecule has 0 unspecified atom stereocenters. The van der Waals surface area contributed by atoms with Crippen LogP contribution < -0.4 is 15.4 Å². The summed E-state index contributed by atoms with van der Waals surface area (Å²) in [5.41, 5.74) is 2.48. The molecule has 0 aliphatic carbocycles. The van der Waals surface area contributed by atoms with E-state index in [-0.39, 0.29) is 16.5 Å². The van der Waals surface area contributed by atoms with E-state index in [0.29, 0.717) is 33.5 Å². The summed E-state index contributed by atoms with van der Waals surface area (Å²) in [6, 6.07) is 10.8. The predicted molar refractivity (Wildman–Crippen MR) is 123 cm³/mol. The molecule has 5 nitrogen and oxygen atoms in total.